The standard InChI is InChI=1S/C5H5NO2/c7-6-5-1-3-8-4-2-5/h1-3H,4H2. The predicted molar refractivity (Wildman–Crippen MR) is 29.0 cm³/mol. The molecule has 0 saturated carbocycles. The molecular weight excluding hydrogens is 106 g/mol. The van der Waals surface area contributed by atoms with E-state index in [1.54, 1.807) is 6.08 Å². The number of hydrogen-bond donors (Lipinski definition) is 0. The number of ether oxygens (including phenoxy) is 1. The molecule has 0 unspecified atom stereocenters. The summed E-state index contributed by atoms with van der Waals surface area (Å²) in [5, 5.41) is 2.69. The number of allylic oxidation sites excluding steroid dienone is 1. The van der Waals surface area contributed by atoms with Gasteiger partial charge >= 0.3 is 0 Å². The largest absolute Gasteiger partial charge is 0.497 e. The van der Waals surface area contributed by atoms with E-state index in [9.17, 15) is 4.91 Å². The van der Waals surface area contributed by atoms with Gasteiger partial charge in [-0.05, 0) is 11.3 Å². The summed E-state index contributed by atoms with van der Waals surface area (Å²) in [6.07, 6.45) is 4.60. The Bertz CT molecular complexity index is 149. The molecule has 1 heterocycles. The van der Waals surface area contributed by atoms with Crippen LogP contribution in [0.3, 0.4) is 0 Å². The molecule has 1 rings (SSSR count). The van der Waals surface area contributed by atoms with Crippen molar-refractivity contribution in [3.05, 3.63) is 29.0 Å². The molecule has 8 heavy (non-hydrogen) atoms. The lowest BCUT2D eigenvalue weighted by Crippen LogP contribution is -1.88. The minimum atomic E-state index is 0.441. The van der Waals surface area contributed by atoms with Gasteiger partial charge in [0, 0.05) is 6.08 Å². The molecule has 3 nitrogen and oxygen atoms in total. The normalized spacial score (nSPS) is 16.8. The van der Waals surface area contributed by atoms with Gasteiger partial charge in [-0.1, -0.05) is 0 Å². The van der Waals surface area contributed by atoms with Gasteiger partial charge in [0.1, 0.15) is 12.3 Å². The lowest BCUT2D eigenvalue weighted by atomic mass is 10.4. The van der Waals surface area contributed by atoms with E-state index < -0.39 is 0 Å². The Balaban J connectivity index is 2.64. The lowest BCUT2D eigenvalue weighted by molar-refractivity contribution is 0.284. The highest BCUT2D eigenvalue weighted by molar-refractivity contribution is 5.17. The van der Waals surface area contributed by atoms with Crippen molar-refractivity contribution in [2.45, 2.75) is 0 Å². The molecule has 0 amide bonds. The first-order valence-electron chi connectivity index (χ1n) is 2.25. The third kappa shape index (κ3) is 0.932. The van der Waals surface area contributed by atoms with Crippen LogP contribution in [-0.4, -0.2) is 6.61 Å². The molecule has 0 atom stereocenters. The van der Waals surface area contributed by atoms with Gasteiger partial charge in [0.25, 0.3) is 0 Å². The smallest absolute Gasteiger partial charge is 0.110 e. The first-order chi connectivity index (χ1) is 3.93. The zero-order valence-electron chi connectivity index (χ0n) is 4.20. The van der Waals surface area contributed by atoms with Gasteiger partial charge < -0.3 is 4.74 Å². The zero-order valence-corrected chi connectivity index (χ0v) is 4.20. The van der Waals surface area contributed by atoms with E-state index in [4.69, 9.17) is 4.74 Å². The summed E-state index contributed by atoms with van der Waals surface area (Å²) >= 11 is 0. The van der Waals surface area contributed by atoms with Crippen molar-refractivity contribution >= 4 is 0 Å². The minimum absolute atomic E-state index is 0.441. The molecule has 1 aliphatic rings. The van der Waals surface area contributed by atoms with E-state index in [2.05, 4.69) is 5.18 Å². The molecule has 0 aromatic carbocycles. The molecule has 0 saturated heterocycles. The molecule has 42 valence electrons. The van der Waals surface area contributed by atoms with Crippen molar-refractivity contribution < 1.29 is 4.74 Å². The molecular formula is C5H5NO2. The Morgan fingerprint density at radius 1 is 1.75 bits per heavy atom. The number of rotatable bonds is 1. The molecule has 1 aliphatic heterocycles. The first kappa shape index (κ1) is 5.03. The van der Waals surface area contributed by atoms with Crippen LogP contribution in [0.25, 0.3) is 0 Å². The van der Waals surface area contributed by atoms with Crippen LogP contribution in [0.5, 0.6) is 0 Å². The molecule has 0 spiro atoms. The van der Waals surface area contributed by atoms with Crippen molar-refractivity contribution in [3.63, 3.8) is 0 Å². The summed E-state index contributed by atoms with van der Waals surface area (Å²) in [7, 11) is 0. The van der Waals surface area contributed by atoms with E-state index in [1.807, 2.05) is 0 Å². The molecule has 0 aromatic heterocycles. The Kier molecular flexibility index (Phi) is 1.42. The van der Waals surface area contributed by atoms with Crippen LogP contribution >= 0.6 is 0 Å². The van der Waals surface area contributed by atoms with E-state index in [0.717, 1.165) is 0 Å². The third-order valence-electron chi connectivity index (χ3n) is 0.829. The van der Waals surface area contributed by atoms with Gasteiger partial charge in [0.15, 0.2) is 0 Å². The number of hydrogen-bond acceptors (Lipinski definition) is 3. The third-order valence-corrected chi connectivity index (χ3v) is 0.829. The average molecular weight is 111 g/mol. The predicted octanol–water partition coefficient (Wildman–Crippen LogP) is 1.18. The second-order valence-corrected chi connectivity index (χ2v) is 1.36. The molecule has 3 heteroatoms. The maximum Gasteiger partial charge on any atom is 0.110 e. The van der Waals surface area contributed by atoms with Crippen LogP contribution < -0.4 is 0 Å². The molecule has 0 fully saturated rings. The Morgan fingerprint density at radius 3 is 3.00 bits per heavy atom. The molecule has 0 aliphatic carbocycles. The SMILES string of the molecule is O=NC1=CCOC=C1. The van der Waals surface area contributed by atoms with E-state index in [1.165, 1.54) is 12.3 Å². The maximum absolute atomic E-state index is 9.73. The zero-order chi connectivity index (χ0) is 5.82. The summed E-state index contributed by atoms with van der Waals surface area (Å²) in [5.41, 5.74) is 0.441. The van der Waals surface area contributed by atoms with Crippen LogP contribution in [0.15, 0.2) is 29.3 Å². The molecule has 0 aromatic rings. The lowest BCUT2D eigenvalue weighted by Gasteiger charge is -1.98. The van der Waals surface area contributed by atoms with Crippen LogP contribution in [0.4, 0.5) is 0 Å². The van der Waals surface area contributed by atoms with Crippen molar-refractivity contribution in [1.82, 2.24) is 0 Å². The maximum atomic E-state index is 9.73. The van der Waals surface area contributed by atoms with Crippen LogP contribution in [0.2, 0.25) is 0 Å². The highest BCUT2D eigenvalue weighted by Crippen LogP contribution is 2.02. The van der Waals surface area contributed by atoms with Gasteiger partial charge in [-0.15, -0.1) is 4.91 Å². The van der Waals surface area contributed by atoms with Crippen molar-refractivity contribution in [1.29, 1.82) is 0 Å². The minimum Gasteiger partial charge on any atom is -0.497 e. The highest BCUT2D eigenvalue weighted by atomic mass is 16.5. The molecule has 0 N–H and O–H groups in total. The second-order valence-electron chi connectivity index (χ2n) is 1.36. The summed E-state index contributed by atoms with van der Waals surface area (Å²) in [4.78, 5) is 9.73. The van der Waals surface area contributed by atoms with Gasteiger partial charge in [0.05, 0.1) is 6.26 Å². The second kappa shape index (κ2) is 2.26. The Morgan fingerprint density at radius 2 is 2.62 bits per heavy atom. The van der Waals surface area contributed by atoms with E-state index in [0.29, 0.717) is 12.3 Å². The number of nitrogens with zero attached hydrogens (tertiary/aromatic N) is 1. The molecule has 0 bridgehead atoms. The number of nitroso groups, excluding NO2 is 1. The van der Waals surface area contributed by atoms with Gasteiger partial charge in [-0.2, -0.15) is 0 Å². The Hall–Kier alpha value is -1.12. The monoisotopic (exact) mass is 111 g/mol. The topological polar surface area (TPSA) is 38.7 Å². The fraction of sp³-hybridized carbons (Fsp3) is 0.200. The van der Waals surface area contributed by atoms with Crippen LogP contribution in [0.1, 0.15) is 0 Å². The fourth-order valence-corrected chi connectivity index (χ4v) is 0.443. The van der Waals surface area contributed by atoms with Gasteiger partial charge in [-0.25, -0.2) is 0 Å². The van der Waals surface area contributed by atoms with Crippen molar-refractivity contribution in [3.8, 4) is 0 Å². The van der Waals surface area contributed by atoms with Gasteiger partial charge in [0.2, 0.25) is 0 Å². The van der Waals surface area contributed by atoms with Crippen molar-refractivity contribution in [2.75, 3.05) is 6.61 Å². The summed E-state index contributed by atoms with van der Waals surface area (Å²) in [6, 6.07) is 0. The van der Waals surface area contributed by atoms with Crippen LogP contribution in [-0.2, 0) is 4.74 Å². The fourth-order valence-electron chi connectivity index (χ4n) is 0.443. The highest BCUT2D eigenvalue weighted by Gasteiger charge is 1.93. The average Bonchev–Trinajstić information content (AvgIpc) is 1.90. The quantitative estimate of drug-likeness (QED) is 0.476. The van der Waals surface area contributed by atoms with E-state index >= 15 is 0 Å². The summed E-state index contributed by atoms with van der Waals surface area (Å²) in [6.45, 7) is 0.456. The van der Waals surface area contributed by atoms with E-state index in [-0.39, 0.29) is 0 Å². The first-order valence-corrected chi connectivity index (χ1v) is 2.25. The summed E-state index contributed by atoms with van der Waals surface area (Å²) in [5.74, 6) is 0. The van der Waals surface area contributed by atoms with Crippen LogP contribution in [0, 0.1) is 4.91 Å². The summed E-state index contributed by atoms with van der Waals surface area (Å²) < 4.78 is 4.75. The Labute approximate surface area is 46.6 Å². The van der Waals surface area contributed by atoms with Gasteiger partial charge in [-0.3, -0.25) is 0 Å². The van der Waals surface area contributed by atoms with Crippen molar-refractivity contribution in [2.24, 2.45) is 5.18 Å². The molecule has 0 radical (unpaired) electrons.